The Morgan fingerprint density at radius 1 is 1.15 bits per heavy atom. The third-order valence-corrected chi connectivity index (χ3v) is 6.53. The molecule has 26 heavy (non-hydrogen) atoms. The van der Waals surface area contributed by atoms with Crippen LogP contribution in [0.3, 0.4) is 0 Å². The molecule has 2 aromatic carbocycles. The highest BCUT2D eigenvalue weighted by molar-refractivity contribution is 5.85. The zero-order valence-electron chi connectivity index (χ0n) is 15.5. The Morgan fingerprint density at radius 3 is 2.77 bits per heavy atom. The van der Waals surface area contributed by atoms with Gasteiger partial charge in [0, 0.05) is 24.5 Å². The number of carbonyl (C=O) groups is 1. The quantitative estimate of drug-likeness (QED) is 0.924. The number of benzene rings is 2. The number of likely N-dealkylation sites (tertiary alicyclic amines) is 2. The molecule has 0 aliphatic carbocycles. The van der Waals surface area contributed by atoms with Gasteiger partial charge in [-0.05, 0) is 49.2 Å². The number of hydrogen-bond donors (Lipinski definition) is 1. The van der Waals surface area contributed by atoms with Gasteiger partial charge in [-0.25, -0.2) is 0 Å². The summed E-state index contributed by atoms with van der Waals surface area (Å²) in [6.45, 7) is 2.79. The summed E-state index contributed by atoms with van der Waals surface area (Å²) in [5.41, 5.74) is 1.05. The van der Waals surface area contributed by atoms with Crippen molar-refractivity contribution in [1.29, 1.82) is 0 Å². The minimum absolute atomic E-state index is 0.0211. The zero-order valence-corrected chi connectivity index (χ0v) is 15.5. The van der Waals surface area contributed by atoms with E-state index < -0.39 is 0 Å². The van der Waals surface area contributed by atoms with Crippen LogP contribution in [0.4, 0.5) is 0 Å². The van der Waals surface area contributed by atoms with Crippen molar-refractivity contribution in [2.24, 2.45) is 5.41 Å². The minimum Gasteiger partial charge on any atom is -0.396 e. The Kier molecular flexibility index (Phi) is 4.72. The first-order chi connectivity index (χ1) is 12.6. The number of amides is 1. The number of aliphatic hydroxyl groups is 1. The molecule has 2 atom stereocenters. The smallest absolute Gasteiger partial charge is 0.227 e. The van der Waals surface area contributed by atoms with Crippen molar-refractivity contribution >= 4 is 16.7 Å². The van der Waals surface area contributed by atoms with Crippen LogP contribution in [0.5, 0.6) is 0 Å². The zero-order chi connectivity index (χ0) is 18.1. The van der Waals surface area contributed by atoms with E-state index in [1.165, 1.54) is 10.8 Å². The van der Waals surface area contributed by atoms with Crippen molar-refractivity contribution in [2.75, 3.05) is 33.3 Å². The van der Waals surface area contributed by atoms with E-state index in [-0.39, 0.29) is 24.0 Å². The standard InChI is InChI=1S/C22H28N2O2/c1-23-11-4-9-22(16-25)10-12-24(15-20(22)23)21(26)14-17-7-8-18-5-2-3-6-19(18)13-17/h2-3,5-8,13,20,25H,4,9-12,14-16H2,1H3/t20-,22-/m1/s1. The molecule has 2 heterocycles. The summed E-state index contributed by atoms with van der Waals surface area (Å²) in [6.07, 6.45) is 3.57. The van der Waals surface area contributed by atoms with E-state index in [4.69, 9.17) is 0 Å². The first-order valence-electron chi connectivity index (χ1n) is 9.68. The highest BCUT2D eigenvalue weighted by Gasteiger charge is 2.47. The predicted octanol–water partition coefficient (Wildman–Crippen LogP) is 2.69. The van der Waals surface area contributed by atoms with E-state index >= 15 is 0 Å². The molecule has 2 fully saturated rings. The first-order valence-corrected chi connectivity index (χ1v) is 9.68. The van der Waals surface area contributed by atoms with Crippen LogP contribution in [0.1, 0.15) is 24.8 Å². The Hall–Kier alpha value is -1.91. The van der Waals surface area contributed by atoms with Crippen molar-refractivity contribution in [1.82, 2.24) is 9.80 Å². The lowest BCUT2D eigenvalue weighted by molar-refractivity contribution is -0.139. The van der Waals surface area contributed by atoms with Crippen molar-refractivity contribution in [3.63, 3.8) is 0 Å². The van der Waals surface area contributed by atoms with Crippen LogP contribution in [0, 0.1) is 5.41 Å². The number of rotatable bonds is 3. The number of nitrogens with zero attached hydrogens (tertiary/aromatic N) is 2. The van der Waals surface area contributed by atoms with Gasteiger partial charge in [-0.3, -0.25) is 4.79 Å². The lowest BCUT2D eigenvalue weighted by Gasteiger charge is -2.53. The van der Waals surface area contributed by atoms with Crippen molar-refractivity contribution in [2.45, 2.75) is 31.7 Å². The van der Waals surface area contributed by atoms with Gasteiger partial charge >= 0.3 is 0 Å². The molecule has 4 rings (SSSR count). The maximum absolute atomic E-state index is 12.9. The number of fused-ring (bicyclic) bond motifs is 2. The molecule has 0 radical (unpaired) electrons. The van der Waals surface area contributed by atoms with E-state index in [0.29, 0.717) is 6.42 Å². The van der Waals surface area contributed by atoms with Crippen LogP contribution < -0.4 is 0 Å². The molecule has 4 nitrogen and oxygen atoms in total. The molecule has 2 aliphatic rings. The Balaban J connectivity index is 1.48. The summed E-state index contributed by atoms with van der Waals surface area (Å²) in [6, 6.07) is 14.8. The maximum Gasteiger partial charge on any atom is 0.227 e. The third kappa shape index (κ3) is 3.12. The number of likely N-dealkylation sites (N-methyl/N-ethyl adjacent to an activating group) is 1. The molecule has 2 aliphatic heterocycles. The number of carbonyl (C=O) groups excluding carboxylic acids is 1. The summed E-state index contributed by atoms with van der Waals surface area (Å²) in [5.74, 6) is 0.200. The van der Waals surface area contributed by atoms with Crippen molar-refractivity contribution < 1.29 is 9.90 Å². The molecule has 2 aromatic rings. The average molecular weight is 352 g/mol. The first kappa shape index (κ1) is 17.5. The fourth-order valence-corrected chi connectivity index (χ4v) is 4.88. The molecule has 0 spiro atoms. The molecule has 0 bridgehead atoms. The van der Waals surface area contributed by atoms with E-state index in [1.54, 1.807) is 0 Å². The van der Waals surface area contributed by atoms with E-state index in [9.17, 15) is 9.90 Å². The fourth-order valence-electron chi connectivity index (χ4n) is 4.88. The van der Waals surface area contributed by atoms with Gasteiger partial charge in [-0.1, -0.05) is 42.5 Å². The molecule has 0 saturated carbocycles. The van der Waals surface area contributed by atoms with E-state index in [0.717, 1.165) is 44.5 Å². The monoisotopic (exact) mass is 352 g/mol. The SMILES string of the molecule is CN1CCC[C@]2(CO)CCN(C(=O)Cc3ccc4ccccc4c3)C[C@@H]12. The van der Waals surface area contributed by atoms with Gasteiger partial charge in [0.05, 0.1) is 13.0 Å². The molecular formula is C22H28N2O2. The fraction of sp³-hybridized carbons (Fsp3) is 0.500. The highest BCUT2D eigenvalue weighted by Crippen LogP contribution is 2.41. The second kappa shape index (κ2) is 7.01. The van der Waals surface area contributed by atoms with Gasteiger partial charge in [0.25, 0.3) is 0 Å². The van der Waals surface area contributed by atoms with Crippen molar-refractivity contribution in [3.8, 4) is 0 Å². The average Bonchev–Trinajstić information content (AvgIpc) is 2.68. The van der Waals surface area contributed by atoms with Crippen LogP contribution in [0.25, 0.3) is 10.8 Å². The predicted molar refractivity (Wildman–Crippen MR) is 104 cm³/mol. The lowest BCUT2D eigenvalue weighted by atomic mass is 9.69. The number of aliphatic hydroxyl groups excluding tert-OH is 1. The third-order valence-electron chi connectivity index (χ3n) is 6.53. The molecule has 2 saturated heterocycles. The second-order valence-electron chi connectivity index (χ2n) is 8.07. The van der Waals surface area contributed by atoms with Crippen LogP contribution in [0.15, 0.2) is 42.5 Å². The van der Waals surface area contributed by atoms with Gasteiger partial charge in [0.2, 0.25) is 5.91 Å². The Morgan fingerprint density at radius 2 is 1.96 bits per heavy atom. The molecular weight excluding hydrogens is 324 g/mol. The van der Waals surface area contributed by atoms with Gasteiger partial charge in [0.15, 0.2) is 0 Å². The second-order valence-corrected chi connectivity index (χ2v) is 8.07. The molecule has 1 N–H and O–H groups in total. The summed E-state index contributed by atoms with van der Waals surface area (Å²) in [4.78, 5) is 17.3. The molecule has 0 unspecified atom stereocenters. The Bertz CT molecular complexity index is 806. The largest absolute Gasteiger partial charge is 0.396 e. The molecule has 138 valence electrons. The van der Waals surface area contributed by atoms with Crippen LogP contribution in [0.2, 0.25) is 0 Å². The normalized spacial score (nSPS) is 26.7. The maximum atomic E-state index is 12.9. The summed E-state index contributed by atoms with van der Waals surface area (Å²) >= 11 is 0. The highest BCUT2D eigenvalue weighted by atomic mass is 16.3. The summed E-state index contributed by atoms with van der Waals surface area (Å²) < 4.78 is 0. The number of piperidine rings is 2. The number of hydrogen-bond acceptors (Lipinski definition) is 3. The minimum atomic E-state index is -0.0211. The molecule has 1 amide bonds. The van der Waals surface area contributed by atoms with Crippen LogP contribution in [-0.2, 0) is 11.2 Å². The van der Waals surface area contributed by atoms with Gasteiger partial charge in [-0.15, -0.1) is 0 Å². The lowest BCUT2D eigenvalue weighted by Crippen LogP contribution is -2.62. The van der Waals surface area contributed by atoms with Crippen LogP contribution >= 0.6 is 0 Å². The van der Waals surface area contributed by atoms with Gasteiger partial charge in [0.1, 0.15) is 0 Å². The van der Waals surface area contributed by atoms with E-state index in [2.05, 4.69) is 42.3 Å². The van der Waals surface area contributed by atoms with Crippen LogP contribution in [-0.4, -0.2) is 60.1 Å². The van der Waals surface area contributed by atoms with Crippen molar-refractivity contribution in [3.05, 3.63) is 48.0 Å². The summed E-state index contributed by atoms with van der Waals surface area (Å²) in [7, 11) is 2.13. The van der Waals surface area contributed by atoms with Gasteiger partial charge in [-0.2, -0.15) is 0 Å². The molecule has 0 aromatic heterocycles. The summed E-state index contributed by atoms with van der Waals surface area (Å²) in [5, 5.41) is 12.4. The topological polar surface area (TPSA) is 43.8 Å². The Labute approximate surface area is 155 Å². The van der Waals surface area contributed by atoms with E-state index in [1.807, 2.05) is 17.0 Å². The van der Waals surface area contributed by atoms with Gasteiger partial charge < -0.3 is 14.9 Å². The molecule has 4 heteroatoms.